The zero-order valence-corrected chi connectivity index (χ0v) is 11.1. The molecule has 3 heterocycles. The summed E-state index contributed by atoms with van der Waals surface area (Å²) in [5.74, 6) is 0.970. The van der Waals surface area contributed by atoms with Crippen LogP contribution < -0.4 is 4.90 Å². The minimum absolute atomic E-state index is 0.646. The van der Waals surface area contributed by atoms with Crippen molar-refractivity contribution in [3.8, 4) is 0 Å². The summed E-state index contributed by atoms with van der Waals surface area (Å²) < 4.78 is 6.01. The van der Waals surface area contributed by atoms with E-state index in [4.69, 9.17) is 4.74 Å². The predicted molar refractivity (Wildman–Crippen MR) is 68.1 cm³/mol. The first kappa shape index (κ1) is 11.4. The van der Waals surface area contributed by atoms with E-state index in [1.165, 1.54) is 0 Å². The Bertz CT molecular complexity index is 374. The van der Waals surface area contributed by atoms with E-state index < -0.39 is 0 Å². The third kappa shape index (κ3) is 2.43. The van der Waals surface area contributed by atoms with Crippen molar-refractivity contribution in [1.29, 1.82) is 0 Å². The molecule has 3 rings (SSSR count). The van der Waals surface area contributed by atoms with E-state index in [9.17, 15) is 0 Å². The van der Waals surface area contributed by atoms with Crippen LogP contribution in [0.25, 0.3) is 0 Å². The van der Waals surface area contributed by atoms with Gasteiger partial charge in [-0.25, -0.2) is 0 Å². The lowest BCUT2D eigenvalue weighted by Crippen LogP contribution is -2.56. The number of rotatable bonds is 2. The summed E-state index contributed by atoms with van der Waals surface area (Å²) in [5, 5.41) is 8.22. The van der Waals surface area contributed by atoms with Gasteiger partial charge in [0, 0.05) is 26.2 Å². The smallest absolute Gasteiger partial charge is 0.151 e. The summed E-state index contributed by atoms with van der Waals surface area (Å²) in [7, 11) is 0. The maximum absolute atomic E-state index is 5.23. The molecular weight excluding hydrogens is 284 g/mol. The molecule has 0 N–H and O–H groups in total. The topological polar surface area (TPSA) is 41.5 Å². The number of hydrogen-bond donors (Lipinski definition) is 0. The van der Waals surface area contributed by atoms with Crippen molar-refractivity contribution in [3.63, 3.8) is 0 Å². The summed E-state index contributed by atoms with van der Waals surface area (Å²) in [6.07, 6.45) is 0. The van der Waals surface area contributed by atoms with Crippen LogP contribution in [0, 0.1) is 0 Å². The molecule has 0 atom stereocenters. The Labute approximate surface area is 109 Å². The van der Waals surface area contributed by atoms with Crippen molar-refractivity contribution in [2.75, 3.05) is 44.3 Å². The Hall–Kier alpha value is -0.720. The minimum atomic E-state index is 0.646. The van der Waals surface area contributed by atoms with Crippen molar-refractivity contribution in [1.82, 2.24) is 15.1 Å². The lowest BCUT2D eigenvalue weighted by molar-refractivity contribution is -0.0661. The van der Waals surface area contributed by atoms with Gasteiger partial charge >= 0.3 is 0 Å². The molecule has 0 aliphatic carbocycles. The highest BCUT2D eigenvalue weighted by Gasteiger charge is 2.29. The van der Waals surface area contributed by atoms with Crippen LogP contribution in [0.15, 0.2) is 16.7 Å². The number of halogens is 1. The molecule has 0 amide bonds. The second-order valence-electron chi connectivity index (χ2n) is 4.43. The largest absolute Gasteiger partial charge is 0.378 e. The Balaban J connectivity index is 1.58. The van der Waals surface area contributed by atoms with Crippen LogP contribution in [-0.4, -0.2) is 60.5 Å². The Morgan fingerprint density at radius 2 is 1.88 bits per heavy atom. The predicted octanol–water partition coefficient (Wildman–Crippen LogP) is 0.760. The fourth-order valence-electron chi connectivity index (χ4n) is 2.23. The third-order valence-corrected chi connectivity index (χ3v) is 3.82. The van der Waals surface area contributed by atoms with Crippen molar-refractivity contribution in [3.05, 3.63) is 16.7 Å². The summed E-state index contributed by atoms with van der Waals surface area (Å²) in [5.41, 5.74) is 0. The highest BCUT2D eigenvalue weighted by molar-refractivity contribution is 9.10. The van der Waals surface area contributed by atoms with Crippen LogP contribution in [0.2, 0.25) is 0 Å². The molecule has 0 unspecified atom stereocenters. The second-order valence-corrected chi connectivity index (χ2v) is 5.24. The summed E-state index contributed by atoms with van der Waals surface area (Å²) in [6, 6.07) is 4.60. The van der Waals surface area contributed by atoms with E-state index in [0.717, 1.165) is 49.8 Å². The molecule has 2 fully saturated rings. The molecule has 0 spiro atoms. The number of nitrogens with zero attached hydrogens (tertiary/aromatic N) is 4. The van der Waals surface area contributed by atoms with Gasteiger partial charge in [-0.3, -0.25) is 4.90 Å². The molecule has 0 radical (unpaired) electrons. The van der Waals surface area contributed by atoms with E-state index in [1.807, 2.05) is 12.1 Å². The van der Waals surface area contributed by atoms with E-state index >= 15 is 0 Å². The quantitative estimate of drug-likeness (QED) is 0.806. The monoisotopic (exact) mass is 298 g/mol. The van der Waals surface area contributed by atoms with E-state index in [2.05, 4.69) is 35.9 Å². The fourth-order valence-corrected chi connectivity index (χ4v) is 2.44. The van der Waals surface area contributed by atoms with Crippen LogP contribution in [-0.2, 0) is 4.74 Å². The van der Waals surface area contributed by atoms with E-state index in [0.29, 0.717) is 6.04 Å². The first-order chi connectivity index (χ1) is 8.33. The molecule has 1 aromatic heterocycles. The van der Waals surface area contributed by atoms with Gasteiger partial charge < -0.3 is 9.64 Å². The molecule has 0 saturated carbocycles. The SMILES string of the molecule is Brc1ccc(N2CCN(C3COC3)CC2)nn1. The van der Waals surface area contributed by atoms with Gasteiger partial charge in [0.2, 0.25) is 0 Å². The normalized spacial score (nSPS) is 22.5. The minimum Gasteiger partial charge on any atom is -0.378 e. The van der Waals surface area contributed by atoms with Crippen LogP contribution in [0.1, 0.15) is 0 Å². The number of ether oxygens (including phenoxy) is 1. The molecule has 1 aromatic rings. The highest BCUT2D eigenvalue weighted by atomic mass is 79.9. The third-order valence-electron chi connectivity index (χ3n) is 3.39. The van der Waals surface area contributed by atoms with Gasteiger partial charge in [-0.05, 0) is 28.1 Å². The van der Waals surface area contributed by atoms with Gasteiger partial charge in [0.1, 0.15) is 4.60 Å². The Morgan fingerprint density at radius 3 is 2.41 bits per heavy atom. The van der Waals surface area contributed by atoms with Crippen LogP contribution in [0.3, 0.4) is 0 Å². The molecule has 2 saturated heterocycles. The summed E-state index contributed by atoms with van der Waals surface area (Å²) >= 11 is 3.30. The number of hydrogen-bond acceptors (Lipinski definition) is 5. The standard InChI is InChI=1S/C11H15BrN4O/c12-10-1-2-11(14-13-10)16-5-3-15(4-6-16)9-7-17-8-9/h1-2,9H,3-8H2. The maximum Gasteiger partial charge on any atom is 0.151 e. The molecule has 5 nitrogen and oxygen atoms in total. The number of aromatic nitrogens is 2. The van der Waals surface area contributed by atoms with E-state index in [1.54, 1.807) is 0 Å². The van der Waals surface area contributed by atoms with Crippen molar-refractivity contribution < 1.29 is 4.74 Å². The van der Waals surface area contributed by atoms with Gasteiger partial charge in [0.15, 0.2) is 5.82 Å². The van der Waals surface area contributed by atoms with Crippen molar-refractivity contribution in [2.24, 2.45) is 0 Å². The zero-order chi connectivity index (χ0) is 11.7. The van der Waals surface area contributed by atoms with Gasteiger partial charge in [-0.15, -0.1) is 10.2 Å². The Kier molecular flexibility index (Phi) is 3.26. The maximum atomic E-state index is 5.23. The first-order valence-corrected chi connectivity index (χ1v) is 6.68. The van der Waals surface area contributed by atoms with E-state index in [-0.39, 0.29) is 0 Å². The fraction of sp³-hybridized carbons (Fsp3) is 0.636. The van der Waals surface area contributed by atoms with Gasteiger partial charge in [-0.1, -0.05) is 0 Å². The lowest BCUT2D eigenvalue weighted by Gasteiger charge is -2.42. The van der Waals surface area contributed by atoms with Gasteiger partial charge in [0.05, 0.1) is 19.3 Å². The molecule has 92 valence electrons. The van der Waals surface area contributed by atoms with Crippen molar-refractivity contribution >= 4 is 21.7 Å². The van der Waals surface area contributed by atoms with Gasteiger partial charge in [0.25, 0.3) is 0 Å². The molecule has 6 heteroatoms. The van der Waals surface area contributed by atoms with Crippen LogP contribution in [0.4, 0.5) is 5.82 Å². The first-order valence-electron chi connectivity index (χ1n) is 5.89. The summed E-state index contributed by atoms with van der Waals surface area (Å²) in [6.45, 7) is 6.02. The average Bonchev–Trinajstić information content (AvgIpc) is 2.29. The van der Waals surface area contributed by atoms with Gasteiger partial charge in [-0.2, -0.15) is 0 Å². The molecule has 0 bridgehead atoms. The van der Waals surface area contributed by atoms with Crippen LogP contribution >= 0.6 is 15.9 Å². The number of anilines is 1. The molecule has 0 aromatic carbocycles. The zero-order valence-electron chi connectivity index (χ0n) is 9.55. The average molecular weight is 299 g/mol. The Morgan fingerprint density at radius 1 is 1.12 bits per heavy atom. The lowest BCUT2D eigenvalue weighted by atomic mass is 10.2. The molecule has 2 aliphatic heterocycles. The molecule has 17 heavy (non-hydrogen) atoms. The second kappa shape index (κ2) is 4.88. The van der Waals surface area contributed by atoms with Crippen LogP contribution in [0.5, 0.6) is 0 Å². The number of piperazine rings is 1. The summed E-state index contributed by atoms with van der Waals surface area (Å²) in [4.78, 5) is 4.79. The van der Waals surface area contributed by atoms with Crippen molar-refractivity contribution in [2.45, 2.75) is 6.04 Å². The molecule has 2 aliphatic rings. The highest BCUT2D eigenvalue weighted by Crippen LogP contribution is 2.17. The molecular formula is C11H15BrN4O.